The molecule has 0 saturated carbocycles. The van der Waals surface area contributed by atoms with Gasteiger partial charge in [-0.15, -0.1) is 0 Å². The van der Waals surface area contributed by atoms with Gasteiger partial charge in [0.15, 0.2) is 5.78 Å². The van der Waals surface area contributed by atoms with Crippen LogP contribution < -0.4 is 5.32 Å². The Bertz CT molecular complexity index is 595. The van der Waals surface area contributed by atoms with Crippen molar-refractivity contribution in [2.75, 3.05) is 6.54 Å². The maximum Gasteiger partial charge on any atom is 0.183 e. The van der Waals surface area contributed by atoms with Gasteiger partial charge in [-0.3, -0.25) is 9.78 Å². The molecule has 0 spiro atoms. The van der Waals surface area contributed by atoms with Crippen LogP contribution in [0.5, 0.6) is 0 Å². The fraction of sp³-hybridized carbons (Fsp3) is 0.333. The quantitative estimate of drug-likeness (QED) is 0.820. The van der Waals surface area contributed by atoms with Crippen molar-refractivity contribution in [3.05, 3.63) is 42.1 Å². The highest BCUT2D eigenvalue weighted by Crippen LogP contribution is 2.27. The molecule has 92 valence electrons. The maximum absolute atomic E-state index is 12.7. The van der Waals surface area contributed by atoms with Crippen molar-refractivity contribution in [2.24, 2.45) is 0 Å². The molecule has 3 heteroatoms. The first-order valence-corrected chi connectivity index (χ1v) is 6.34. The number of ketones is 1. The molecule has 18 heavy (non-hydrogen) atoms. The molecule has 0 bridgehead atoms. The van der Waals surface area contributed by atoms with Crippen molar-refractivity contribution < 1.29 is 4.79 Å². The molecule has 1 unspecified atom stereocenters. The van der Waals surface area contributed by atoms with E-state index in [2.05, 4.69) is 10.3 Å². The van der Waals surface area contributed by atoms with Gasteiger partial charge in [0.05, 0.1) is 11.1 Å². The number of Topliss-reactive ketones (excluding diaryl/α,β-unsaturated/α-hetero) is 1. The Morgan fingerprint density at radius 3 is 3.00 bits per heavy atom. The summed E-state index contributed by atoms with van der Waals surface area (Å²) in [6.07, 6.45) is 3.72. The van der Waals surface area contributed by atoms with Crippen LogP contribution in [0.2, 0.25) is 0 Å². The smallest absolute Gasteiger partial charge is 0.183 e. The van der Waals surface area contributed by atoms with Crippen molar-refractivity contribution in [1.29, 1.82) is 0 Å². The number of aromatic nitrogens is 1. The molecule has 1 aromatic heterocycles. The normalized spacial score (nSPS) is 23.4. The van der Waals surface area contributed by atoms with Gasteiger partial charge >= 0.3 is 0 Å². The van der Waals surface area contributed by atoms with E-state index in [1.165, 1.54) is 0 Å². The summed E-state index contributed by atoms with van der Waals surface area (Å²) in [4.78, 5) is 17.0. The molecular formula is C15H16N2O. The van der Waals surface area contributed by atoms with Gasteiger partial charge in [0, 0.05) is 17.1 Å². The highest BCUT2D eigenvalue weighted by atomic mass is 16.1. The molecule has 1 atom stereocenters. The van der Waals surface area contributed by atoms with E-state index >= 15 is 0 Å². The molecule has 1 aliphatic rings. The third kappa shape index (κ3) is 1.71. The van der Waals surface area contributed by atoms with Crippen LogP contribution in [0.1, 0.15) is 30.1 Å². The van der Waals surface area contributed by atoms with Crippen molar-refractivity contribution >= 4 is 16.7 Å². The minimum atomic E-state index is -0.413. The minimum Gasteiger partial charge on any atom is -0.305 e. The van der Waals surface area contributed by atoms with Gasteiger partial charge in [0.2, 0.25) is 0 Å². The lowest BCUT2D eigenvalue weighted by molar-refractivity contribution is 0.0886. The van der Waals surface area contributed by atoms with E-state index in [4.69, 9.17) is 0 Å². The van der Waals surface area contributed by atoms with E-state index in [0.717, 1.165) is 35.9 Å². The number of carbonyl (C=O) groups is 1. The predicted molar refractivity (Wildman–Crippen MR) is 71.7 cm³/mol. The summed E-state index contributed by atoms with van der Waals surface area (Å²) in [5.41, 5.74) is 1.24. The molecule has 3 rings (SSSR count). The molecule has 0 radical (unpaired) electrons. The molecule has 1 saturated heterocycles. The summed E-state index contributed by atoms with van der Waals surface area (Å²) in [6.45, 7) is 2.92. The average molecular weight is 240 g/mol. The second-order valence-corrected chi connectivity index (χ2v) is 5.07. The Kier molecular flexibility index (Phi) is 2.63. The van der Waals surface area contributed by atoms with Crippen LogP contribution in [0.25, 0.3) is 10.9 Å². The lowest BCUT2D eigenvalue weighted by Crippen LogP contribution is -2.44. The molecule has 2 heterocycles. The first-order valence-electron chi connectivity index (χ1n) is 6.34. The Balaban J connectivity index is 2.12. The summed E-state index contributed by atoms with van der Waals surface area (Å²) >= 11 is 0. The van der Waals surface area contributed by atoms with Crippen molar-refractivity contribution in [2.45, 2.75) is 25.3 Å². The standard InChI is InChI=1S/C15H16N2O/c1-15(8-4-10-17-15)14(18)12-5-2-7-13-11(12)6-3-9-16-13/h2-3,5-7,9,17H,4,8,10H2,1H3. The predicted octanol–water partition coefficient (Wildman–Crippen LogP) is 2.56. The number of nitrogens with one attached hydrogen (secondary N) is 1. The van der Waals surface area contributed by atoms with Crippen molar-refractivity contribution in [3.63, 3.8) is 0 Å². The Hall–Kier alpha value is -1.74. The van der Waals surface area contributed by atoms with E-state index in [0.29, 0.717) is 0 Å². The van der Waals surface area contributed by atoms with Gasteiger partial charge in [-0.05, 0) is 38.4 Å². The Morgan fingerprint density at radius 1 is 1.33 bits per heavy atom. The highest BCUT2D eigenvalue weighted by molar-refractivity contribution is 6.11. The number of nitrogens with zero attached hydrogens (tertiary/aromatic N) is 1. The number of hydrogen-bond donors (Lipinski definition) is 1. The zero-order valence-corrected chi connectivity index (χ0v) is 10.4. The summed E-state index contributed by atoms with van der Waals surface area (Å²) in [5, 5.41) is 4.27. The molecule has 0 aliphatic carbocycles. The van der Waals surface area contributed by atoms with Crippen LogP contribution in [-0.2, 0) is 0 Å². The minimum absolute atomic E-state index is 0.179. The van der Waals surface area contributed by atoms with E-state index < -0.39 is 5.54 Å². The van der Waals surface area contributed by atoms with Crippen LogP contribution in [0.15, 0.2) is 36.5 Å². The first-order chi connectivity index (χ1) is 8.71. The van der Waals surface area contributed by atoms with Gasteiger partial charge in [0.1, 0.15) is 0 Å². The summed E-state index contributed by atoms with van der Waals surface area (Å²) in [6, 6.07) is 9.59. The number of rotatable bonds is 2. The molecular weight excluding hydrogens is 224 g/mol. The van der Waals surface area contributed by atoms with Crippen LogP contribution in [0.4, 0.5) is 0 Å². The van der Waals surface area contributed by atoms with E-state index in [-0.39, 0.29) is 5.78 Å². The SMILES string of the molecule is CC1(C(=O)c2cccc3ncccc23)CCCN1. The van der Waals surface area contributed by atoms with Crippen LogP contribution in [0, 0.1) is 0 Å². The number of hydrogen-bond acceptors (Lipinski definition) is 3. The van der Waals surface area contributed by atoms with Crippen molar-refractivity contribution in [1.82, 2.24) is 10.3 Å². The van der Waals surface area contributed by atoms with Crippen molar-refractivity contribution in [3.8, 4) is 0 Å². The number of benzene rings is 1. The lowest BCUT2D eigenvalue weighted by atomic mass is 9.88. The van der Waals surface area contributed by atoms with Gasteiger partial charge in [-0.25, -0.2) is 0 Å². The second kappa shape index (κ2) is 4.18. The summed E-state index contributed by atoms with van der Waals surface area (Å²) in [5.74, 6) is 0.179. The molecule has 0 amide bonds. The molecule has 2 aromatic rings. The maximum atomic E-state index is 12.7. The molecule has 1 aromatic carbocycles. The van der Waals surface area contributed by atoms with Crippen LogP contribution >= 0.6 is 0 Å². The zero-order valence-electron chi connectivity index (χ0n) is 10.4. The van der Waals surface area contributed by atoms with E-state index in [1.54, 1.807) is 6.20 Å². The molecule has 3 nitrogen and oxygen atoms in total. The van der Waals surface area contributed by atoms with Crippen LogP contribution in [-0.4, -0.2) is 22.9 Å². The summed E-state index contributed by atoms with van der Waals surface area (Å²) in [7, 11) is 0. The van der Waals surface area contributed by atoms with Gasteiger partial charge in [-0.2, -0.15) is 0 Å². The average Bonchev–Trinajstić information content (AvgIpc) is 2.85. The van der Waals surface area contributed by atoms with Crippen LogP contribution in [0.3, 0.4) is 0 Å². The van der Waals surface area contributed by atoms with E-state index in [9.17, 15) is 4.79 Å². The monoisotopic (exact) mass is 240 g/mol. The van der Waals surface area contributed by atoms with Gasteiger partial charge < -0.3 is 5.32 Å². The second-order valence-electron chi connectivity index (χ2n) is 5.07. The number of carbonyl (C=O) groups excluding carboxylic acids is 1. The highest BCUT2D eigenvalue weighted by Gasteiger charge is 2.36. The fourth-order valence-corrected chi connectivity index (χ4v) is 2.69. The third-order valence-electron chi connectivity index (χ3n) is 3.76. The first kappa shape index (κ1) is 11.4. The largest absolute Gasteiger partial charge is 0.305 e. The number of pyridine rings is 1. The van der Waals surface area contributed by atoms with Gasteiger partial charge in [-0.1, -0.05) is 18.2 Å². The number of fused-ring (bicyclic) bond motifs is 1. The molecule has 1 N–H and O–H groups in total. The fourth-order valence-electron chi connectivity index (χ4n) is 2.69. The molecule has 1 aliphatic heterocycles. The van der Waals surface area contributed by atoms with Gasteiger partial charge in [0.25, 0.3) is 0 Å². The van der Waals surface area contributed by atoms with E-state index in [1.807, 2.05) is 37.3 Å². The Morgan fingerprint density at radius 2 is 2.22 bits per heavy atom. The molecule has 1 fully saturated rings. The topological polar surface area (TPSA) is 42.0 Å². The third-order valence-corrected chi connectivity index (χ3v) is 3.76. The lowest BCUT2D eigenvalue weighted by Gasteiger charge is -2.23. The Labute approximate surface area is 106 Å². The summed E-state index contributed by atoms with van der Waals surface area (Å²) < 4.78 is 0. The zero-order chi connectivity index (χ0) is 12.6.